The third kappa shape index (κ3) is 1.77. The molecule has 0 amide bonds. The first-order valence-corrected chi connectivity index (χ1v) is 9.08. The number of nitriles is 2. The number of nitrogens with two attached hydrogens (primary N) is 1. The molecule has 0 radical (unpaired) electrons. The molecule has 2 fully saturated rings. The number of ether oxygens (including phenoxy) is 2. The van der Waals surface area contributed by atoms with E-state index in [-0.39, 0.29) is 5.84 Å². The van der Waals surface area contributed by atoms with Crippen LogP contribution in [0.25, 0.3) is 0 Å². The quantitative estimate of drug-likeness (QED) is 0.813. The minimum atomic E-state index is -1.52. The summed E-state index contributed by atoms with van der Waals surface area (Å²) in [5, 5.41) is 20.3. The molecule has 1 aromatic rings. The van der Waals surface area contributed by atoms with Crippen molar-refractivity contribution in [1.82, 2.24) is 4.90 Å². The van der Waals surface area contributed by atoms with E-state index >= 15 is 0 Å². The molecule has 1 aliphatic carbocycles. The zero-order valence-corrected chi connectivity index (χ0v) is 15.6. The van der Waals surface area contributed by atoms with E-state index in [1.807, 2.05) is 18.2 Å². The van der Waals surface area contributed by atoms with Gasteiger partial charge in [-0.3, -0.25) is 4.90 Å². The van der Waals surface area contributed by atoms with Crippen LogP contribution in [0.4, 0.5) is 0 Å². The number of hydrogen-bond donors (Lipinski definition) is 1. The molecule has 0 bridgehead atoms. The van der Waals surface area contributed by atoms with Crippen molar-refractivity contribution < 1.29 is 9.47 Å². The van der Waals surface area contributed by atoms with Crippen LogP contribution in [0.1, 0.15) is 18.4 Å². The molecular weight excluding hydrogens is 342 g/mol. The van der Waals surface area contributed by atoms with Crippen molar-refractivity contribution >= 4 is 5.84 Å². The Bertz CT molecular complexity index is 859. The van der Waals surface area contributed by atoms with Gasteiger partial charge in [0, 0.05) is 26.2 Å². The molecule has 1 spiro atoms. The molecular formula is C20H23N5O2. The van der Waals surface area contributed by atoms with Gasteiger partial charge in [-0.15, -0.1) is 0 Å². The number of aliphatic imine (C=N–C) groups is 1. The van der Waals surface area contributed by atoms with Gasteiger partial charge in [-0.05, 0) is 31.5 Å². The van der Waals surface area contributed by atoms with E-state index < -0.39 is 22.2 Å². The number of methoxy groups -OCH3 is 2. The molecule has 140 valence electrons. The summed E-state index contributed by atoms with van der Waals surface area (Å²) in [5.41, 5.74) is 4.50. The van der Waals surface area contributed by atoms with Crippen LogP contribution in [-0.2, 0) is 16.0 Å². The van der Waals surface area contributed by atoms with Crippen molar-refractivity contribution in [3.63, 3.8) is 0 Å². The molecule has 3 aliphatic rings. The summed E-state index contributed by atoms with van der Waals surface area (Å²) in [7, 11) is 2.90. The molecule has 0 unspecified atom stereocenters. The molecule has 2 aliphatic heterocycles. The first-order valence-electron chi connectivity index (χ1n) is 9.08. The maximum absolute atomic E-state index is 10.2. The van der Waals surface area contributed by atoms with E-state index in [9.17, 15) is 10.5 Å². The average Bonchev–Trinajstić information content (AvgIpc) is 3.13. The van der Waals surface area contributed by atoms with Crippen LogP contribution in [0.5, 0.6) is 0 Å². The van der Waals surface area contributed by atoms with Crippen molar-refractivity contribution in [2.75, 3.05) is 27.3 Å². The van der Waals surface area contributed by atoms with Crippen molar-refractivity contribution in [1.29, 1.82) is 10.5 Å². The highest BCUT2D eigenvalue weighted by Gasteiger charge is 3.00. The van der Waals surface area contributed by atoms with Crippen LogP contribution in [-0.4, -0.2) is 44.0 Å². The summed E-state index contributed by atoms with van der Waals surface area (Å²) in [6.45, 7) is 2.40. The van der Waals surface area contributed by atoms with Crippen molar-refractivity contribution in [3.05, 3.63) is 35.9 Å². The Morgan fingerprint density at radius 2 is 1.74 bits per heavy atom. The number of fused-ring (bicyclic) bond motifs is 3. The molecule has 1 aromatic carbocycles. The normalized spacial score (nSPS) is 33.0. The second kappa shape index (κ2) is 5.77. The minimum absolute atomic E-state index is 0.159. The van der Waals surface area contributed by atoms with Crippen LogP contribution < -0.4 is 5.73 Å². The van der Waals surface area contributed by atoms with Crippen molar-refractivity contribution in [3.8, 4) is 12.1 Å². The first kappa shape index (κ1) is 17.9. The molecule has 1 saturated heterocycles. The van der Waals surface area contributed by atoms with Gasteiger partial charge in [-0.25, -0.2) is 4.99 Å². The summed E-state index contributed by atoms with van der Waals surface area (Å²) in [4.78, 5) is 6.65. The molecule has 7 nitrogen and oxygen atoms in total. The largest absolute Gasteiger partial charge is 0.386 e. The van der Waals surface area contributed by atoms with Gasteiger partial charge >= 0.3 is 0 Å². The van der Waals surface area contributed by atoms with E-state index in [0.29, 0.717) is 12.8 Å². The number of benzene rings is 1. The molecule has 2 N–H and O–H groups in total. The Balaban J connectivity index is 1.65. The average molecular weight is 365 g/mol. The van der Waals surface area contributed by atoms with E-state index in [1.165, 1.54) is 19.8 Å². The van der Waals surface area contributed by atoms with Gasteiger partial charge in [-0.1, -0.05) is 30.3 Å². The molecule has 27 heavy (non-hydrogen) atoms. The molecule has 2 atom stereocenters. The highest BCUT2D eigenvalue weighted by atomic mass is 16.7. The summed E-state index contributed by atoms with van der Waals surface area (Å²) >= 11 is 0. The number of likely N-dealkylation sites (tertiary alicyclic amines) is 1. The SMILES string of the molecule is COC1(OC)N=C(N)[C@]2(C#N)C3(CCN(Cc4ccccc4)CC3)[C@]12C#N. The number of piperidine rings is 1. The lowest BCUT2D eigenvalue weighted by atomic mass is 9.80. The molecule has 1 saturated carbocycles. The van der Waals surface area contributed by atoms with Crippen LogP contribution in [0.15, 0.2) is 35.3 Å². The number of hydrogen-bond acceptors (Lipinski definition) is 7. The Kier molecular flexibility index (Phi) is 3.83. The maximum Gasteiger partial charge on any atom is 0.292 e. The van der Waals surface area contributed by atoms with Crippen LogP contribution in [0.3, 0.4) is 0 Å². The van der Waals surface area contributed by atoms with Crippen LogP contribution >= 0.6 is 0 Å². The third-order valence-electron chi connectivity index (χ3n) is 6.91. The lowest BCUT2D eigenvalue weighted by Crippen LogP contribution is -2.47. The predicted molar refractivity (Wildman–Crippen MR) is 97.8 cm³/mol. The summed E-state index contributed by atoms with van der Waals surface area (Å²) < 4.78 is 11.1. The Morgan fingerprint density at radius 1 is 1.11 bits per heavy atom. The predicted octanol–water partition coefficient (Wildman–Crippen LogP) is 1.62. The van der Waals surface area contributed by atoms with E-state index in [2.05, 4.69) is 34.2 Å². The van der Waals surface area contributed by atoms with Gasteiger partial charge in [-0.2, -0.15) is 10.5 Å². The zero-order chi connectivity index (χ0) is 19.3. The van der Waals surface area contributed by atoms with Gasteiger partial charge in [0.15, 0.2) is 5.41 Å². The van der Waals surface area contributed by atoms with E-state index in [1.54, 1.807) is 0 Å². The topological polar surface area (TPSA) is 108 Å². The highest BCUT2D eigenvalue weighted by molar-refractivity contribution is 6.00. The monoisotopic (exact) mass is 365 g/mol. The Morgan fingerprint density at radius 3 is 2.26 bits per heavy atom. The number of nitrogens with zero attached hydrogens (tertiary/aromatic N) is 4. The maximum atomic E-state index is 10.2. The van der Waals surface area contributed by atoms with Gasteiger partial charge in [0.2, 0.25) is 0 Å². The summed E-state index contributed by atoms with van der Waals surface area (Å²) in [6, 6.07) is 15.0. The summed E-state index contributed by atoms with van der Waals surface area (Å²) in [5.74, 6) is -1.37. The molecule has 2 heterocycles. The standard InChI is InChI=1S/C20H23N5O2/c1-26-20(27-2)19(14-22)17(18(19,13-21)16(23)24-20)8-10-25(11-9-17)12-15-6-4-3-5-7-15/h3-7H,8-12H2,1-2H3,(H2,23,24)/t18-,19+/m1/s1. The van der Waals surface area contributed by atoms with Crippen molar-refractivity contribution in [2.45, 2.75) is 25.3 Å². The zero-order valence-electron chi connectivity index (χ0n) is 15.6. The van der Waals surface area contributed by atoms with Crippen LogP contribution in [0, 0.1) is 38.9 Å². The van der Waals surface area contributed by atoms with Gasteiger partial charge in [0.05, 0.1) is 12.1 Å². The van der Waals surface area contributed by atoms with Gasteiger partial charge in [0.1, 0.15) is 11.3 Å². The Labute approximate surface area is 159 Å². The van der Waals surface area contributed by atoms with E-state index in [4.69, 9.17) is 15.2 Å². The first-order chi connectivity index (χ1) is 13.0. The second-order valence-corrected chi connectivity index (χ2v) is 7.55. The fraction of sp³-hybridized carbons (Fsp3) is 0.550. The fourth-order valence-corrected chi connectivity index (χ4v) is 5.67. The molecule has 0 aromatic heterocycles. The lowest BCUT2D eigenvalue weighted by molar-refractivity contribution is -0.238. The number of rotatable bonds is 4. The highest BCUT2D eigenvalue weighted by Crippen LogP contribution is 2.88. The van der Waals surface area contributed by atoms with Gasteiger partial charge in [0.25, 0.3) is 5.91 Å². The van der Waals surface area contributed by atoms with Gasteiger partial charge < -0.3 is 15.2 Å². The van der Waals surface area contributed by atoms with Crippen molar-refractivity contribution in [2.24, 2.45) is 27.0 Å². The lowest BCUT2D eigenvalue weighted by Gasteiger charge is -2.38. The molecule has 7 heteroatoms. The number of amidine groups is 1. The second-order valence-electron chi connectivity index (χ2n) is 7.55. The van der Waals surface area contributed by atoms with E-state index in [0.717, 1.165) is 19.6 Å². The fourth-order valence-electron chi connectivity index (χ4n) is 5.67. The molecule has 4 rings (SSSR count). The smallest absolute Gasteiger partial charge is 0.292 e. The van der Waals surface area contributed by atoms with Crippen LogP contribution in [0.2, 0.25) is 0 Å². The third-order valence-corrected chi connectivity index (χ3v) is 6.91. The Hall–Kier alpha value is -2.45. The summed E-state index contributed by atoms with van der Waals surface area (Å²) in [6.07, 6.45) is 1.34. The minimum Gasteiger partial charge on any atom is -0.386 e.